The molecule has 0 aromatic heterocycles. The fourth-order valence-corrected chi connectivity index (χ4v) is 5.39. The topological polar surface area (TPSA) is 93.6 Å². The monoisotopic (exact) mass is 426 g/mol. The predicted molar refractivity (Wildman–Crippen MR) is 115 cm³/mol. The van der Waals surface area contributed by atoms with Crippen molar-refractivity contribution in [1.29, 1.82) is 5.41 Å². The van der Waals surface area contributed by atoms with Gasteiger partial charge in [-0.25, -0.2) is 12.7 Å². The van der Waals surface area contributed by atoms with Crippen molar-refractivity contribution in [2.75, 3.05) is 25.9 Å². The molecule has 2 aromatic rings. The van der Waals surface area contributed by atoms with E-state index < -0.39 is 15.6 Å². The SMILES string of the molecule is CS(=O)(=O)N1CCC[C@H](CN2C(=N)NC(c3ccccc3)(c3ccccc3)C2=O)C1. The van der Waals surface area contributed by atoms with Crippen LogP contribution in [-0.2, 0) is 20.4 Å². The molecule has 2 fully saturated rings. The molecule has 1 atom stereocenters. The van der Waals surface area contributed by atoms with E-state index in [1.807, 2.05) is 60.7 Å². The minimum Gasteiger partial charge on any atom is -0.334 e. The summed E-state index contributed by atoms with van der Waals surface area (Å²) in [6, 6.07) is 18.9. The second-order valence-corrected chi connectivity index (χ2v) is 9.98. The molecule has 2 aromatic carbocycles. The molecule has 0 aliphatic carbocycles. The molecule has 8 heteroatoms. The molecule has 0 saturated carbocycles. The zero-order chi connectivity index (χ0) is 21.4. The van der Waals surface area contributed by atoms with Gasteiger partial charge in [0.05, 0.1) is 6.26 Å². The van der Waals surface area contributed by atoms with Crippen molar-refractivity contribution < 1.29 is 13.2 Å². The molecule has 158 valence electrons. The highest BCUT2D eigenvalue weighted by molar-refractivity contribution is 7.88. The Morgan fingerprint density at radius 3 is 2.17 bits per heavy atom. The van der Waals surface area contributed by atoms with Gasteiger partial charge in [0.2, 0.25) is 10.0 Å². The lowest BCUT2D eigenvalue weighted by Gasteiger charge is -2.33. The molecular formula is C22H26N4O3S. The number of benzene rings is 2. The number of nitrogens with one attached hydrogen (secondary N) is 2. The average Bonchev–Trinajstić information content (AvgIpc) is 3.00. The first-order valence-corrected chi connectivity index (χ1v) is 11.9. The normalized spacial score (nSPS) is 22.2. The quantitative estimate of drug-likeness (QED) is 0.764. The van der Waals surface area contributed by atoms with Crippen LogP contribution in [0.5, 0.6) is 0 Å². The Hall–Kier alpha value is -2.71. The smallest absolute Gasteiger partial charge is 0.264 e. The summed E-state index contributed by atoms with van der Waals surface area (Å²) in [6.45, 7) is 1.20. The molecule has 0 bridgehead atoms. The largest absolute Gasteiger partial charge is 0.334 e. The highest BCUT2D eigenvalue weighted by Crippen LogP contribution is 2.36. The van der Waals surface area contributed by atoms with Gasteiger partial charge in [-0.1, -0.05) is 60.7 Å². The standard InChI is InChI=1S/C22H26N4O3S/c1-30(28,29)25-14-8-9-17(15-25)16-26-20(27)22(24-21(26)23,18-10-4-2-5-11-18)19-12-6-3-7-13-19/h2-7,10-13,17H,8-9,14-16H2,1H3,(H2,23,24)/t17-/m0/s1. The molecule has 2 saturated heterocycles. The van der Waals surface area contributed by atoms with E-state index in [9.17, 15) is 13.2 Å². The Morgan fingerprint density at radius 2 is 1.63 bits per heavy atom. The van der Waals surface area contributed by atoms with Crippen LogP contribution in [0.25, 0.3) is 0 Å². The van der Waals surface area contributed by atoms with E-state index in [-0.39, 0.29) is 17.8 Å². The fraction of sp³-hybridized carbons (Fsp3) is 0.364. The van der Waals surface area contributed by atoms with Crippen LogP contribution in [0.4, 0.5) is 0 Å². The lowest BCUT2D eigenvalue weighted by atomic mass is 9.82. The highest BCUT2D eigenvalue weighted by atomic mass is 32.2. The van der Waals surface area contributed by atoms with Crippen LogP contribution in [0.1, 0.15) is 24.0 Å². The third kappa shape index (κ3) is 3.61. The van der Waals surface area contributed by atoms with E-state index in [0.29, 0.717) is 19.6 Å². The summed E-state index contributed by atoms with van der Waals surface area (Å²) in [5.41, 5.74) is 0.384. The molecule has 4 rings (SSSR count). The second kappa shape index (κ2) is 7.85. The molecular weight excluding hydrogens is 400 g/mol. The van der Waals surface area contributed by atoms with Gasteiger partial charge in [-0.3, -0.25) is 15.1 Å². The number of hydrogen-bond acceptors (Lipinski definition) is 4. The van der Waals surface area contributed by atoms with Gasteiger partial charge >= 0.3 is 0 Å². The number of carbonyl (C=O) groups is 1. The molecule has 2 aliphatic rings. The molecule has 2 heterocycles. The van der Waals surface area contributed by atoms with E-state index in [1.54, 1.807) is 0 Å². The Labute approximate surface area is 177 Å². The first kappa shape index (κ1) is 20.6. The van der Waals surface area contributed by atoms with Crippen LogP contribution in [-0.4, -0.2) is 55.4 Å². The maximum absolute atomic E-state index is 13.8. The molecule has 0 spiro atoms. The van der Waals surface area contributed by atoms with Crippen LogP contribution in [0.15, 0.2) is 60.7 Å². The Bertz CT molecular complexity index is 1000. The van der Waals surface area contributed by atoms with Gasteiger partial charge in [0, 0.05) is 19.6 Å². The molecule has 2 aliphatic heterocycles. The van der Waals surface area contributed by atoms with Crippen molar-refractivity contribution >= 4 is 21.9 Å². The molecule has 0 radical (unpaired) electrons. The Kier molecular flexibility index (Phi) is 5.38. The van der Waals surface area contributed by atoms with Gasteiger partial charge in [0.25, 0.3) is 5.91 Å². The zero-order valence-electron chi connectivity index (χ0n) is 16.9. The summed E-state index contributed by atoms with van der Waals surface area (Å²) in [4.78, 5) is 15.3. The summed E-state index contributed by atoms with van der Waals surface area (Å²) < 4.78 is 25.4. The summed E-state index contributed by atoms with van der Waals surface area (Å²) in [6.07, 6.45) is 2.80. The van der Waals surface area contributed by atoms with E-state index in [0.717, 1.165) is 24.0 Å². The minimum absolute atomic E-state index is 0.0121. The Balaban J connectivity index is 1.66. The lowest BCUT2D eigenvalue weighted by Crippen LogP contribution is -2.47. The molecule has 1 amide bonds. The van der Waals surface area contributed by atoms with Crippen molar-refractivity contribution in [3.63, 3.8) is 0 Å². The van der Waals surface area contributed by atoms with Gasteiger partial charge in [-0.15, -0.1) is 0 Å². The van der Waals surface area contributed by atoms with Crippen LogP contribution in [0.3, 0.4) is 0 Å². The van der Waals surface area contributed by atoms with E-state index in [4.69, 9.17) is 5.41 Å². The average molecular weight is 427 g/mol. The van der Waals surface area contributed by atoms with E-state index in [2.05, 4.69) is 5.32 Å². The van der Waals surface area contributed by atoms with Gasteiger partial charge in [0.15, 0.2) is 11.5 Å². The van der Waals surface area contributed by atoms with Crippen molar-refractivity contribution in [3.8, 4) is 0 Å². The summed E-state index contributed by atoms with van der Waals surface area (Å²) >= 11 is 0. The third-order valence-electron chi connectivity index (χ3n) is 5.95. The van der Waals surface area contributed by atoms with Crippen LogP contribution < -0.4 is 5.32 Å². The molecule has 0 unspecified atom stereocenters. The van der Waals surface area contributed by atoms with Gasteiger partial charge in [-0.05, 0) is 29.9 Å². The van der Waals surface area contributed by atoms with Gasteiger partial charge < -0.3 is 5.32 Å². The van der Waals surface area contributed by atoms with Crippen molar-refractivity contribution in [3.05, 3.63) is 71.8 Å². The van der Waals surface area contributed by atoms with Gasteiger partial charge in [-0.2, -0.15) is 0 Å². The zero-order valence-corrected chi connectivity index (χ0v) is 17.7. The summed E-state index contributed by atoms with van der Waals surface area (Å²) in [5, 5.41) is 11.7. The number of hydrogen-bond donors (Lipinski definition) is 2. The number of guanidine groups is 1. The number of carbonyl (C=O) groups excluding carboxylic acids is 1. The van der Waals surface area contributed by atoms with E-state index in [1.165, 1.54) is 15.5 Å². The first-order chi connectivity index (χ1) is 14.3. The maximum Gasteiger partial charge on any atom is 0.264 e. The predicted octanol–water partition coefficient (Wildman–Crippen LogP) is 1.97. The van der Waals surface area contributed by atoms with Crippen LogP contribution in [0.2, 0.25) is 0 Å². The fourth-order valence-electron chi connectivity index (χ4n) is 4.45. The summed E-state index contributed by atoms with van der Waals surface area (Å²) in [5.74, 6) is -0.174. The van der Waals surface area contributed by atoms with Crippen LogP contribution >= 0.6 is 0 Å². The minimum atomic E-state index is -3.27. The second-order valence-electron chi connectivity index (χ2n) is 8.00. The maximum atomic E-state index is 13.8. The number of nitrogens with zero attached hydrogens (tertiary/aromatic N) is 2. The van der Waals surface area contributed by atoms with Crippen molar-refractivity contribution in [1.82, 2.24) is 14.5 Å². The van der Waals surface area contributed by atoms with Crippen molar-refractivity contribution in [2.45, 2.75) is 18.4 Å². The Morgan fingerprint density at radius 1 is 1.07 bits per heavy atom. The number of amides is 1. The van der Waals surface area contributed by atoms with E-state index >= 15 is 0 Å². The van der Waals surface area contributed by atoms with Crippen molar-refractivity contribution in [2.24, 2.45) is 5.92 Å². The third-order valence-corrected chi connectivity index (χ3v) is 7.22. The highest BCUT2D eigenvalue weighted by Gasteiger charge is 2.52. The summed E-state index contributed by atoms with van der Waals surface area (Å²) in [7, 11) is -3.27. The number of piperidine rings is 1. The van der Waals surface area contributed by atoms with Gasteiger partial charge in [0.1, 0.15) is 0 Å². The molecule has 7 nitrogen and oxygen atoms in total. The first-order valence-electron chi connectivity index (χ1n) is 10.1. The lowest BCUT2D eigenvalue weighted by molar-refractivity contribution is -0.130. The molecule has 30 heavy (non-hydrogen) atoms. The molecule has 2 N–H and O–H groups in total. The number of sulfonamides is 1. The van der Waals surface area contributed by atoms with Crippen LogP contribution in [0, 0.1) is 11.3 Å². The number of rotatable bonds is 5.